The lowest BCUT2D eigenvalue weighted by Gasteiger charge is -2.03. The van der Waals surface area contributed by atoms with Gasteiger partial charge in [-0.1, -0.05) is 22.0 Å². The molecule has 0 aliphatic heterocycles. The van der Waals surface area contributed by atoms with Crippen LogP contribution in [0, 0.1) is 10.5 Å². The van der Waals surface area contributed by atoms with E-state index in [1.807, 2.05) is 13.0 Å². The molecule has 3 rings (SSSR count). The number of carbonyl (C=O) groups is 1. The highest BCUT2D eigenvalue weighted by atomic mass is 127. The highest BCUT2D eigenvalue weighted by molar-refractivity contribution is 14.1. The largest absolute Gasteiger partial charge is 0.463 e. The summed E-state index contributed by atoms with van der Waals surface area (Å²) in [4.78, 5) is 24.5. The van der Waals surface area contributed by atoms with Crippen LogP contribution in [0.25, 0.3) is 11.0 Å². The predicted octanol–water partition coefficient (Wildman–Crippen LogP) is 4.23. The van der Waals surface area contributed by atoms with Gasteiger partial charge < -0.3 is 4.42 Å². The van der Waals surface area contributed by atoms with Crippen molar-refractivity contribution in [1.82, 2.24) is 5.43 Å². The standard InChI is InChI=1S/C18H12BrIN2O3/c1-10-2-3-11(6-15(10)20)18(24)22-21-8-12-9-25-16-5-4-13(19)7-14(16)17(12)23/h2-9H,1H3,(H,22,24)/b21-8+. The van der Waals surface area contributed by atoms with E-state index in [0.29, 0.717) is 16.5 Å². The van der Waals surface area contributed by atoms with Crippen molar-refractivity contribution < 1.29 is 9.21 Å². The van der Waals surface area contributed by atoms with Crippen LogP contribution in [-0.4, -0.2) is 12.1 Å². The number of fused-ring (bicyclic) bond motifs is 1. The lowest BCUT2D eigenvalue weighted by Crippen LogP contribution is -2.18. The van der Waals surface area contributed by atoms with Gasteiger partial charge in [-0.05, 0) is 65.4 Å². The molecule has 1 N–H and O–H groups in total. The first-order valence-corrected chi connectivity index (χ1v) is 9.13. The Bertz CT molecular complexity index is 1060. The number of hydrogen-bond acceptors (Lipinski definition) is 4. The van der Waals surface area contributed by atoms with Crippen molar-refractivity contribution in [2.75, 3.05) is 0 Å². The minimum absolute atomic E-state index is 0.217. The molecule has 0 spiro atoms. The summed E-state index contributed by atoms with van der Waals surface area (Å²) >= 11 is 5.50. The van der Waals surface area contributed by atoms with Gasteiger partial charge in [0.25, 0.3) is 5.91 Å². The molecule has 0 radical (unpaired) electrons. The van der Waals surface area contributed by atoms with E-state index in [1.165, 1.54) is 12.5 Å². The first kappa shape index (κ1) is 17.8. The number of nitrogens with zero attached hydrogens (tertiary/aromatic N) is 1. The quantitative estimate of drug-likeness (QED) is 0.325. The second-order valence-electron chi connectivity index (χ2n) is 5.32. The van der Waals surface area contributed by atoms with Crippen LogP contribution in [0.4, 0.5) is 0 Å². The van der Waals surface area contributed by atoms with Gasteiger partial charge in [-0.15, -0.1) is 0 Å². The molecule has 0 saturated carbocycles. The van der Waals surface area contributed by atoms with Crippen molar-refractivity contribution in [3.8, 4) is 0 Å². The van der Waals surface area contributed by atoms with E-state index in [2.05, 4.69) is 49.0 Å². The summed E-state index contributed by atoms with van der Waals surface area (Å²) < 4.78 is 7.20. The summed E-state index contributed by atoms with van der Waals surface area (Å²) in [6, 6.07) is 10.6. The highest BCUT2D eigenvalue weighted by Gasteiger charge is 2.08. The second-order valence-corrected chi connectivity index (χ2v) is 7.40. The number of rotatable bonds is 3. The molecule has 0 bridgehead atoms. The Morgan fingerprint density at radius 3 is 2.84 bits per heavy atom. The maximum absolute atomic E-state index is 12.4. The summed E-state index contributed by atoms with van der Waals surface area (Å²) in [6.45, 7) is 1.97. The zero-order valence-electron chi connectivity index (χ0n) is 13.0. The molecule has 0 aliphatic carbocycles. The number of hydrogen-bond donors (Lipinski definition) is 1. The number of aryl methyl sites for hydroxylation is 1. The monoisotopic (exact) mass is 510 g/mol. The summed E-state index contributed by atoms with van der Waals surface area (Å²) in [7, 11) is 0. The molecule has 2 aromatic carbocycles. The Kier molecular flexibility index (Phi) is 5.33. The van der Waals surface area contributed by atoms with E-state index in [9.17, 15) is 9.59 Å². The first-order valence-electron chi connectivity index (χ1n) is 7.26. The van der Waals surface area contributed by atoms with Crippen molar-refractivity contribution in [1.29, 1.82) is 0 Å². The number of carbonyl (C=O) groups excluding carboxylic acids is 1. The van der Waals surface area contributed by atoms with Gasteiger partial charge in [0.1, 0.15) is 11.8 Å². The van der Waals surface area contributed by atoms with E-state index in [0.717, 1.165) is 13.6 Å². The number of halogens is 2. The number of amides is 1. The lowest BCUT2D eigenvalue weighted by molar-refractivity contribution is 0.0955. The maximum Gasteiger partial charge on any atom is 0.271 e. The van der Waals surface area contributed by atoms with E-state index >= 15 is 0 Å². The molecule has 0 saturated heterocycles. The Labute approximate surface area is 165 Å². The van der Waals surface area contributed by atoms with E-state index in [4.69, 9.17) is 4.42 Å². The van der Waals surface area contributed by atoms with E-state index in [-0.39, 0.29) is 16.9 Å². The summed E-state index contributed by atoms with van der Waals surface area (Å²) in [5, 5.41) is 4.30. The summed E-state index contributed by atoms with van der Waals surface area (Å²) in [6.07, 6.45) is 2.60. The zero-order chi connectivity index (χ0) is 18.0. The molecule has 5 nitrogen and oxygen atoms in total. The molecule has 126 valence electrons. The fourth-order valence-corrected chi connectivity index (χ4v) is 3.04. The van der Waals surface area contributed by atoms with Crippen LogP contribution in [0.2, 0.25) is 0 Å². The third-order valence-corrected chi connectivity index (χ3v) is 5.22. The smallest absolute Gasteiger partial charge is 0.271 e. The maximum atomic E-state index is 12.4. The van der Waals surface area contributed by atoms with Crippen LogP contribution in [-0.2, 0) is 0 Å². The molecule has 0 unspecified atom stereocenters. The van der Waals surface area contributed by atoms with Crippen molar-refractivity contribution in [3.63, 3.8) is 0 Å². The Morgan fingerprint density at radius 2 is 2.08 bits per heavy atom. The molecule has 1 heterocycles. The van der Waals surface area contributed by atoms with Crippen LogP contribution in [0.15, 0.2) is 61.4 Å². The van der Waals surface area contributed by atoms with Gasteiger partial charge in [0, 0.05) is 13.6 Å². The molecular weight excluding hydrogens is 499 g/mol. The first-order chi connectivity index (χ1) is 12.0. The van der Waals surface area contributed by atoms with Crippen LogP contribution >= 0.6 is 38.5 Å². The Morgan fingerprint density at radius 1 is 1.28 bits per heavy atom. The zero-order valence-corrected chi connectivity index (χ0v) is 16.8. The van der Waals surface area contributed by atoms with Crippen LogP contribution in [0.1, 0.15) is 21.5 Å². The Balaban J connectivity index is 1.81. The Hall–Kier alpha value is -2.00. The third-order valence-electron chi connectivity index (χ3n) is 3.57. The molecule has 25 heavy (non-hydrogen) atoms. The van der Waals surface area contributed by atoms with Gasteiger partial charge in [-0.2, -0.15) is 5.10 Å². The molecule has 0 fully saturated rings. The normalized spacial score (nSPS) is 11.2. The van der Waals surface area contributed by atoms with Crippen LogP contribution < -0.4 is 10.9 Å². The molecular formula is C18H12BrIN2O3. The molecule has 0 aliphatic rings. The average Bonchev–Trinajstić information content (AvgIpc) is 2.59. The molecule has 1 aromatic heterocycles. The van der Waals surface area contributed by atoms with Gasteiger partial charge in [-0.3, -0.25) is 9.59 Å². The minimum atomic E-state index is -0.345. The van der Waals surface area contributed by atoms with Gasteiger partial charge in [0.2, 0.25) is 5.43 Å². The third kappa shape index (κ3) is 3.98. The fraction of sp³-hybridized carbons (Fsp3) is 0.0556. The molecule has 0 atom stereocenters. The van der Waals surface area contributed by atoms with Crippen molar-refractivity contribution >= 4 is 61.6 Å². The van der Waals surface area contributed by atoms with Gasteiger partial charge >= 0.3 is 0 Å². The van der Waals surface area contributed by atoms with E-state index < -0.39 is 0 Å². The van der Waals surface area contributed by atoms with Gasteiger partial charge in [-0.25, -0.2) is 5.43 Å². The predicted molar refractivity (Wildman–Crippen MR) is 109 cm³/mol. The SMILES string of the molecule is Cc1ccc(C(=O)N/N=C/c2coc3ccc(Br)cc3c2=O)cc1I. The van der Waals surface area contributed by atoms with Gasteiger partial charge in [0.05, 0.1) is 17.2 Å². The van der Waals surface area contributed by atoms with E-state index in [1.54, 1.807) is 30.3 Å². The lowest BCUT2D eigenvalue weighted by atomic mass is 10.1. The average molecular weight is 511 g/mol. The van der Waals surface area contributed by atoms with Crippen molar-refractivity contribution in [2.45, 2.75) is 6.92 Å². The number of nitrogens with one attached hydrogen (secondary N) is 1. The van der Waals surface area contributed by atoms with Gasteiger partial charge in [0.15, 0.2) is 0 Å². The molecule has 3 aromatic rings. The highest BCUT2D eigenvalue weighted by Crippen LogP contribution is 2.17. The van der Waals surface area contributed by atoms with Crippen molar-refractivity contribution in [2.24, 2.45) is 5.10 Å². The minimum Gasteiger partial charge on any atom is -0.463 e. The topological polar surface area (TPSA) is 71.7 Å². The number of benzene rings is 2. The second kappa shape index (κ2) is 7.49. The molecule has 7 heteroatoms. The summed E-state index contributed by atoms with van der Waals surface area (Å²) in [5.74, 6) is -0.345. The van der Waals surface area contributed by atoms with Crippen LogP contribution in [0.5, 0.6) is 0 Å². The fourth-order valence-electron chi connectivity index (χ4n) is 2.17. The number of hydrazone groups is 1. The van der Waals surface area contributed by atoms with Crippen LogP contribution in [0.3, 0.4) is 0 Å². The van der Waals surface area contributed by atoms with Crippen molar-refractivity contribution in [3.05, 3.63) is 77.6 Å². The summed E-state index contributed by atoms with van der Waals surface area (Å²) in [5.41, 5.74) is 4.54. The molecule has 1 amide bonds.